The van der Waals surface area contributed by atoms with Gasteiger partial charge in [0.1, 0.15) is 0 Å². The van der Waals surface area contributed by atoms with Crippen molar-refractivity contribution in [1.29, 1.82) is 5.26 Å². The number of hydrogen-bond donors (Lipinski definition) is 1. The fraction of sp³-hybridized carbons (Fsp3) is 0.500. The summed E-state index contributed by atoms with van der Waals surface area (Å²) >= 11 is 0. The van der Waals surface area contributed by atoms with Gasteiger partial charge in [0.05, 0.1) is 22.6 Å². The van der Waals surface area contributed by atoms with Crippen LogP contribution in [0.5, 0.6) is 0 Å². The van der Waals surface area contributed by atoms with E-state index in [-0.39, 0.29) is 16.9 Å². The van der Waals surface area contributed by atoms with Gasteiger partial charge in [0.25, 0.3) is 0 Å². The summed E-state index contributed by atoms with van der Waals surface area (Å²) in [6.45, 7) is 4.74. The number of nitrogens with one attached hydrogen (secondary N) is 1. The molecule has 1 aromatic carbocycles. The van der Waals surface area contributed by atoms with Gasteiger partial charge in [0, 0.05) is 19.1 Å². The molecule has 2 unspecified atom stereocenters. The first kappa shape index (κ1) is 15.0. The van der Waals surface area contributed by atoms with Crippen LogP contribution in [0.3, 0.4) is 0 Å². The average molecular weight is 294 g/mol. The molecular weight excluding hydrogens is 276 g/mol. The van der Waals surface area contributed by atoms with Crippen LogP contribution in [0, 0.1) is 24.2 Å². The SMILES string of the molecule is Cc1cc(S(=O)(=O)NCC2CCOC2C)ccc1C#N. The molecule has 1 aliphatic heterocycles. The van der Waals surface area contributed by atoms with E-state index in [1.807, 2.05) is 13.0 Å². The van der Waals surface area contributed by atoms with E-state index in [2.05, 4.69) is 4.72 Å². The predicted molar refractivity (Wildman–Crippen MR) is 74.6 cm³/mol. The van der Waals surface area contributed by atoms with Gasteiger partial charge in [-0.05, 0) is 44.0 Å². The Hall–Kier alpha value is -1.42. The van der Waals surface area contributed by atoms with E-state index in [9.17, 15) is 8.42 Å². The normalized spacial score (nSPS) is 22.6. The Bertz CT molecular complexity index is 634. The molecule has 0 spiro atoms. The number of nitrogens with zero attached hydrogens (tertiary/aromatic N) is 1. The van der Waals surface area contributed by atoms with E-state index in [4.69, 9.17) is 10.00 Å². The number of rotatable bonds is 4. The maximum atomic E-state index is 12.2. The van der Waals surface area contributed by atoms with Gasteiger partial charge in [0.15, 0.2) is 0 Å². The Balaban J connectivity index is 2.10. The monoisotopic (exact) mass is 294 g/mol. The first-order valence-corrected chi connectivity index (χ1v) is 8.04. The van der Waals surface area contributed by atoms with Gasteiger partial charge >= 0.3 is 0 Å². The first-order valence-electron chi connectivity index (χ1n) is 6.56. The van der Waals surface area contributed by atoms with Gasteiger partial charge in [-0.2, -0.15) is 5.26 Å². The molecule has 2 rings (SSSR count). The number of nitriles is 1. The molecule has 1 N–H and O–H groups in total. The lowest BCUT2D eigenvalue weighted by Gasteiger charge is -2.15. The molecule has 0 aliphatic carbocycles. The third-order valence-electron chi connectivity index (χ3n) is 3.70. The molecule has 1 heterocycles. The third-order valence-corrected chi connectivity index (χ3v) is 5.12. The zero-order valence-corrected chi connectivity index (χ0v) is 12.4. The highest BCUT2D eigenvalue weighted by molar-refractivity contribution is 7.89. The third kappa shape index (κ3) is 3.18. The minimum absolute atomic E-state index is 0.0837. The molecule has 0 aromatic heterocycles. The van der Waals surface area contributed by atoms with Crippen molar-refractivity contribution >= 4 is 10.0 Å². The van der Waals surface area contributed by atoms with E-state index in [0.29, 0.717) is 24.3 Å². The van der Waals surface area contributed by atoms with Crippen LogP contribution in [0.25, 0.3) is 0 Å². The highest BCUT2D eigenvalue weighted by Crippen LogP contribution is 2.20. The van der Waals surface area contributed by atoms with Crippen LogP contribution >= 0.6 is 0 Å². The fourth-order valence-corrected chi connectivity index (χ4v) is 3.45. The summed E-state index contributed by atoms with van der Waals surface area (Å²) in [7, 11) is -3.53. The lowest BCUT2D eigenvalue weighted by atomic mass is 10.0. The smallest absolute Gasteiger partial charge is 0.240 e. The molecule has 1 aromatic rings. The highest BCUT2D eigenvalue weighted by Gasteiger charge is 2.26. The molecule has 1 aliphatic rings. The zero-order chi connectivity index (χ0) is 14.8. The summed E-state index contributed by atoms with van der Waals surface area (Å²) in [6.07, 6.45) is 0.955. The molecular formula is C14H18N2O3S. The molecule has 20 heavy (non-hydrogen) atoms. The zero-order valence-electron chi connectivity index (χ0n) is 11.6. The Labute approximate surface area is 119 Å². The Kier molecular flexibility index (Phi) is 4.43. The second-order valence-corrected chi connectivity index (χ2v) is 6.83. The number of hydrogen-bond acceptors (Lipinski definition) is 4. The molecule has 1 fully saturated rings. The number of benzene rings is 1. The Morgan fingerprint density at radius 1 is 1.50 bits per heavy atom. The van der Waals surface area contributed by atoms with Gasteiger partial charge in [-0.1, -0.05) is 0 Å². The van der Waals surface area contributed by atoms with Crippen LogP contribution in [-0.2, 0) is 14.8 Å². The van der Waals surface area contributed by atoms with Crippen molar-refractivity contribution in [3.8, 4) is 6.07 Å². The molecule has 108 valence electrons. The minimum Gasteiger partial charge on any atom is -0.378 e. The van der Waals surface area contributed by atoms with Crippen LogP contribution in [0.1, 0.15) is 24.5 Å². The van der Waals surface area contributed by atoms with Crippen molar-refractivity contribution in [2.24, 2.45) is 5.92 Å². The van der Waals surface area contributed by atoms with Crippen LogP contribution in [-0.4, -0.2) is 27.7 Å². The van der Waals surface area contributed by atoms with Crippen molar-refractivity contribution in [3.63, 3.8) is 0 Å². The summed E-state index contributed by atoms with van der Waals surface area (Å²) in [5.74, 6) is 0.212. The molecule has 0 bridgehead atoms. The van der Waals surface area contributed by atoms with Gasteiger partial charge in [-0.25, -0.2) is 13.1 Å². The number of sulfonamides is 1. The molecule has 6 heteroatoms. The quantitative estimate of drug-likeness (QED) is 0.914. The van der Waals surface area contributed by atoms with E-state index in [0.717, 1.165) is 6.42 Å². The summed E-state index contributed by atoms with van der Waals surface area (Å²) in [4.78, 5) is 0.195. The number of ether oxygens (including phenoxy) is 1. The summed E-state index contributed by atoms with van der Waals surface area (Å²) in [5.41, 5.74) is 1.15. The second kappa shape index (κ2) is 5.92. The van der Waals surface area contributed by atoms with E-state index >= 15 is 0 Å². The van der Waals surface area contributed by atoms with Gasteiger partial charge in [0.2, 0.25) is 10.0 Å². The minimum atomic E-state index is -3.53. The summed E-state index contributed by atoms with van der Waals surface area (Å²) < 4.78 is 32.5. The van der Waals surface area contributed by atoms with Gasteiger partial charge in [-0.3, -0.25) is 0 Å². The van der Waals surface area contributed by atoms with E-state index in [1.165, 1.54) is 18.2 Å². The topological polar surface area (TPSA) is 79.2 Å². The lowest BCUT2D eigenvalue weighted by molar-refractivity contribution is 0.107. The Morgan fingerprint density at radius 2 is 2.25 bits per heavy atom. The van der Waals surface area contributed by atoms with Gasteiger partial charge in [-0.15, -0.1) is 0 Å². The van der Waals surface area contributed by atoms with Crippen molar-refractivity contribution in [1.82, 2.24) is 4.72 Å². The van der Waals surface area contributed by atoms with Crippen LogP contribution in [0.15, 0.2) is 23.1 Å². The van der Waals surface area contributed by atoms with Crippen LogP contribution in [0.4, 0.5) is 0 Å². The Morgan fingerprint density at radius 3 is 2.80 bits per heavy atom. The largest absolute Gasteiger partial charge is 0.378 e. The summed E-state index contributed by atoms with van der Waals surface area (Å²) in [6, 6.07) is 6.54. The fourth-order valence-electron chi connectivity index (χ4n) is 2.27. The van der Waals surface area contributed by atoms with Gasteiger partial charge < -0.3 is 4.74 Å². The maximum Gasteiger partial charge on any atom is 0.240 e. The molecule has 1 saturated heterocycles. The second-order valence-electron chi connectivity index (χ2n) is 5.07. The average Bonchev–Trinajstić information content (AvgIpc) is 2.82. The van der Waals surface area contributed by atoms with Crippen molar-refractivity contribution in [3.05, 3.63) is 29.3 Å². The summed E-state index contributed by atoms with van der Waals surface area (Å²) in [5, 5.41) is 8.86. The highest BCUT2D eigenvalue weighted by atomic mass is 32.2. The molecule has 0 amide bonds. The van der Waals surface area contributed by atoms with Crippen LogP contribution < -0.4 is 4.72 Å². The molecule has 5 nitrogen and oxygen atoms in total. The standard InChI is InChI=1S/C14H18N2O3S/c1-10-7-14(4-3-12(10)8-15)20(17,18)16-9-13-5-6-19-11(13)2/h3-4,7,11,13,16H,5-6,9H2,1-2H3. The first-order chi connectivity index (χ1) is 9.44. The van der Waals surface area contributed by atoms with E-state index in [1.54, 1.807) is 6.92 Å². The molecule has 2 atom stereocenters. The van der Waals surface area contributed by atoms with Crippen molar-refractivity contribution < 1.29 is 13.2 Å². The van der Waals surface area contributed by atoms with E-state index < -0.39 is 10.0 Å². The molecule has 0 saturated carbocycles. The lowest BCUT2D eigenvalue weighted by Crippen LogP contribution is -2.32. The predicted octanol–water partition coefficient (Wildman–Crippen LogP) is 1.57. The van der Waals surface area contributed by atoms with Crippen molar-refractivity contribution in [2.75, 3.05) is 13.2 Å². The molecule has 0 radical (unpaired) electrons. The van der Waals surface area contributed by atoms with Crippen molar-refractivity contribution in [2.45, 2.75) is 31.3 Å². The van der Waals surface area contributed by atoms with Crippen LogP contribution in [0.2, 0.25) is 0 Å². The number of aryl methyl sites for hydroxylation is 1. The maximum absolute atomic E-state index is 12.2.